The summed E-state index contributed by atoms with van der Waals surface area (Å²) in [5, 5.41) is 4.22. The van der Waals surface area contributed by atoms with Crippen molar-refractivity contribution in [3.8, 4) is 0 Å². The number of pyridine rings is 1. The standard InChI is InChI=1S/C12H12BrN3/c1-8(13)7-16-11-5-4-10(14)9-3-2-6-15-12(9)11/h2-6,16H,1,7,14H2. The fourth-order valence-electron chi connectivity index (χ4n) is 1.53. The van der Waals surface area contributed by atoms with E-state index >= 15 is 0 Å². The number of hydrogen-bond acceptors (Lipinski definition) is 3. The highest BCUT2D eigenvalue weighted by molar-refractivity contribution is 9.11. The van der Waals surface area contributed by atoms with E-state index in [4.69, 9.17) is 5.73 Å². The van der Waals surface area contributed by atoms with Crippen LogP contribution in [0.3, 0.4) is 0 Å². The van der Waals surface area contributed by atoms with E-state index in [0.717, 1.165) is 26.8 Å². The molecule has 0 aliphatic heterocycles. The summed E-state index contributed by atoms with van der Waals surface area (Å²) in [4.78, 5) is 4.33. The molecule has 2 aromatic rings. The van der Waals surface area contributed by atoms with Crippen molar-refractivity contribution >= 4 is 38.2 Å². The molecule has 0 saturated carbocycles. The van der Waals surface area contributed by atoms with Crippen LogP contribution in [0.1, 0.15) is 0 Å². The molecule has 0 radical (unpaired) electrons. The molecule has 1 aromatic carbocycles. The lowest BCUT2D eigenvalue weighted by Crippen LogP contribution is -2.02. The second-order valence-electron chi connectivity index (χ2n) is 3.47. The van der Waals surface area contributed by atoms with Crippen molar-refractivity contribution in [2.45, 2.75) is 0 Å². The molecule has 0 aliphatic carbocycles. The van der Waals surface area contributed by atoms with Gasteiger partial charge in [0.05, 0.1) is 11.2 Å². The third-order valence-corrected chi connectivity index (χ3v) is 2.55. The Balaban J connectivity index is 2.46. The van der Waals surface area contributed by atoms with E-state index < -0.39 is 0 Å². The minimum absolute atomic E-state index is 0.662. The molecule has 3 nitrogen and oxygen atoms in total. The van der Waals surface area contributed by atoms with E-state index in [0.29, 0.717) is 6.54 Å². The number of halogens is 1. The average molecular weight is 278 g/mol. The van der Waals surface area contributed by atoms with Gasteiger partial charge in [-0.1, -0.05) is 22.5 Å². The van der Waals surface area contributed by atoms with Crippen molar-refractivity contribution in [1.29, 1.82) is 0 Å². The molecular weight excluding hydrogens is 266 g/mol. The molecule has 1 heterocycles. The number of aromatic nitrogens is 1. The minimum atomic E-state index is 0.662. The van der Waals surface area contributed by atoms with E-state index in [9.17, 15) is 0 Å². The van der Waals surface area contributed by atoms with Gasteiger partial charge in [0.25, 0.3) is 0 Å². The Labute approximate surface area is 102 Å². The van der Waals surface area contributed by atoms with Crippen LogP contribution in [0.5, 0.6) is 0 Å². The van der Waals surface area contributed by atoms with Gasteiger partial charge in [-0.2, -0.15) is 0 Å². The van der Waals surface area contributed by atoms with Gasteiger partial charge >= 0.3 is 0 Å². The second-order valence-corrected chi connectivity index (χ2v) is 4.59. The Bertz CT molecular complexity index is 537. The molecule has 0 saturated heterocycles. The SMILES string of the molecule is C=C(Br)CNc1ccc(N)c2cccnc12. The number of nitrogens with one attached hydrogen (secondary N) is 1. The third-order valence-electron chi connectivity index (χ3n) is 2.27. The van der Waals surface area contributed by atoms with Crippen LogP contribution in [0.2, 0.25) is 0 Å². The first-order chi connectivity index (χ1) is 7.68. The molecule has 0 unspecified atom stereocenters. The first kappa shape index (κ1) is 11.0. The summed E-state index contributed by atoms with van der Waals surface area (Å²) in [5.74, 6) is 0. The van der Waals surface area contributed by atoms with Gasteiger partial charge in [-0.15, -0.1) is 0 Å². The summed E-state index contributed by atoms with van der Waals surface area (Å²) >= 11 is 3.31. The Hall–Kier alpha value is -1.55. The highest BCUT2D eigenvalue weighted by Gasteiger charge is 2.04. The van der Waals surface area contributed by atoms with Crippen molar-refractivity contribution in [3.63, 3.8) is 0 Å². The number of nitrogen functional groups attached to an aromatic ring is 1. The van der Waals surface area contributed by atoms with Crippen molar-refractivity contribution < 1.29 is 0 Å². The predicted molar refractivity (Wildman–Crippen MR) is 72.7 cm³/mol. The molecule has 82 valence electrons. The maximum atomic E-state index is 5.89. The van der Waals surface area contributed by atoms with Gasteiger partial charge in [0.1, 0.15) is 0 Å². The predicted octanol–water partition coefficient (Wildman–Crippen LogP) is 3.14. The summed E-state index contributed by atoms with van der Waals surface area (Å²) in [6.07, 6.45) is 1.76. The van der Waals surface area contributed by atoms with Gasteiger partial charge in [-0.3, -0.25) is 4.98 Å². The fraction of sp³-hybridized carbons (Fsp3) is 0.0833. The molecule has 2 rings (SSSR count). The Morgan fingerprint density at radius 2 is 2.25 bits per heavy atom. The van der Waals surface area contributed by atoms with Crippen molar-refractivity contribution in [1.82, 2.24) is 4.98 Å². The number of anilines is 2. The van der Waals surface area contributed by atoms with E-state index in [1.807, 2.05) is 24.3 Å². The lowest BCUT2D eigenvalue weighted by atomic mass is 10.1. The van der Waals surface area contributed by atoms with Gasteiger partial charge < -0.3 is 11.1 Å². The van der Waals surface area contributed by atoms with Gasteiger partial charge in [-0.05, 0) is 24.3 Å². The van der Waals surface area contributed by atoms with Crippen molar-refractivity contribution in [3.05, 3.63) is 41.5 Å². The number of nitrogens with zero attached hydrogens (tertiary/aromatic N) is 1. The summed E-state index contributed by atoms with van der Waals surface area (Å²) in [5.41, 5.74) is 8.48. The molecule has 0 amide bonds. The third kappa shape index (κ3) is 2.17. The van der Waals surface area contributed by atoms with Crippen molar-refractivity contribution in [2.24, 2.45) is 0 Å². The van der Waals surface area contributed by atoms with Crippen LogP contribution < -0.4 is 11.1 Å². The molecule has 16 heavy (non-hydrogen) atoms. The number of benzene rings is 1. The van der Waals surface area contributed by atoms with E-state index in [1.54, 1.807) is 6.20 Å². The fourth-order valence-corrected chi connectivity index (χ4v) is 1.67. The van der Waals surface area contributed by atoms with Crippen molar-refractivity contribution in [2.75, 3.05) is 17.6 Å². The zero-order valence-corrected chi connectivity index (χ0v) is 10.3. The molecule has 0 bridgehead atoms. The average Bonchev–Trinajstić information content (AvgIpc) is 2.28. The number of nitrogens with two attached hydrogens (primary N) is 1. The topological polar surface area (TPSA) is 50.9 Å². The zero-order chi connectivity index (χ0) is 11.5. The van der Waals surface area contributed by atoms with Crippen LogP contribution in [0.15, 0.2) is 41.5 Å². The first-order valence-electron chi connectivity index (χ1n) is 4.89. The maximum absolute atomic E-state index is 5.89. The molecule has 0 aliphatic rings. The quantitative estimate of drug-likeness (QED) is 0.848. The molecule has 1 aromatic heterocycles. The highest BCUT2D eigenvalue weighted by atomic mass is 79.9. The van der Waals surface area contributed by atoms with Gasteiger partial charge in [0.2, 0.25) is 0 Å². The van der Waals surface area contributed by atoms with Crippen LogP contribution in [0.4, 0.5) is 11.4 Å². The molecule has 0 fully saturated rings. The molecule has 4 heteroatoms. The van der Waals surface area contributed by atoms with Crippen LogP contribution in [0, 0.1) is 0 Å². The van der Waals surface area contributed by atoms with E-state index in [2.05, 4.69) is 32.8 Å². The van der Waals surface area contributed by atoms with Gasteiger partial charge in [0, 0.05) is 28.3 Å². The summed E-state index contributed by atoms with van der Waals surface area (Å²) in [7, 11) is 0. The monoisotopic (exact) mass is 277 g/mol. The summed E-state index contributed by atoms with van der Waals surface area (Å²) in [6, 6.07) is 7.65. The lowest BCUT2D eigenvalue weighted by Gasteiger charge is -2.09. The molecule has 3 N–H and O–H groups in total. The zero-order valence-electron chi connectivity index (χ0n) is 8.70. The Morgan fingerprint density at radius 1 is 1.44 bits per heavy atom. The summed E-state index contributed by atoms with van der Waals surface area (Å²) < 4.78 is 0.897. The largest absolute Gasteiger partial charge is 0.398 e. The number of rotatable bonds is 3. The van der Waals surface area contributed by atoms with E-state index in [-0.39, 0.29) is 0 Å². The lowest BCUT2D eigenvalue weighted by molar-refractivity contribution is 1.32. The van der Waals surface area contributed by atoms with Crippen LogP contribution in [-0.2, 0) is 0 Å². The van der Waals surface area contributed by atoms with Gasteiger partial charge in [-0.25, -0.2) is 0 Å². The molecule has 0 atom stereocenters. The highest BCUT2D eigenvalue weighted by Crippen LogP contribution is 2.26. The summed E-state index contributed by atoms with van der Waals surface area (Å²) in [6.45, 7) is 4.44. The van der Waals surface area contributed by atoms with E-state index in [1.165, 1.54) is 0 Å². The molecule has 0 spiro atoms. The Morgan fingerprint density at radius 3 is 3.00 bits per heavy atom. The Kier molecular flexibility index (Phi) is 3.10. The second kappa shape index (κ2) is 4.53. The van der Waals surface area contributed by atoms with Crippen LogP contribution in [0.25, 0.3) is 10.9 Å². The maximum Gasteiger partial charge on any atom is 0.0953 e. The van der Waals surface area contributed by atoms with Crippen LogP contribution >= 0.6 is 15.9 Å². The first-order valence-corrected chi connectivity index (χ1v) is 5.68. The normalized spacial score (nSPS) is 10.3. The number of hydrogen-bond donors (Lipinski definition) is 2. The number of fused-ring (bicyclic) bond motifs is 1. The minimum Gasteiger partial charge on any atom is -0.398 e. The van der Waals surface area contributed by atoms with Gasteiger partial charge in [0.15, 0.2) is 0 Å². The molecular formula is C12H12BrN3. The smallest absolute Gasteiger partial charge is 0.0953 e. The van der Waals surface area contributed by atoms with Crippen LogP contribution in [-0.4, -0.2) is 11.5 Å².